The van der Waals surface area contributed by atoms with E-state index in [9.17, 15) is 9.59 Å². The van der Waals surface area contributed by atoms with Gasteiger partial charge in [-0.1, -0.05) is 35.5 Å². The van der Waals surface area contributed by atoms with Gasteiger partial charge in [0.25, 0.3) is 11.5 Å². The van der Waals surface area contributed by atoms with Gasteiger partial charge in [0.05, 0.1) is 17.4 Å². The minimum Gasteiger partial charge on any atom is -0.346 e. The van der Waals surface area contributed by atoms with Gasteiger partial charge in [-0.2, -0.15) is 5.10 Å². The van der Waals surface area contributed by atoms with Crippen molar-refractivity contribution >= 4 is 27.7 Å². The van der Waals surface area contributed by atoms with Crippen LogP contribution in [0.1, 0.15) is 17.4 Å². The second-order valence-corrected chi connectivity index (χ2v) is 6.08. The molecule has 0 saturated carbocycles. The third-order valence-electron chi connectivity index (χ3n) is 4.16. The molecular weight excluding hydrogens is 332 g/mol. The number of nitrogens with one attached hydrogen (secondary N) is 2. The van der Waals surface area contributed by atoms with Crippen molar-refractivity contribution in [3.8, 4) is 0 Å². The van der Waals surface area contributed by atoms with Gasteiger partial charge in [0.2, 0.25) is 0 Å². The number of hydrogen-bond acceptors (Lipinski definition) is 5. The third-order valence-corrected chi connectivity index (χ3v) is 4.16. The van der Waals surface area contributed by atoms with Crippen LogP contribution in [0.3, 0.4) is 0 Å². The van der Waals surface area contributed by atoms with Gasteiger partial charge in [-0.15, -0.1) is 5.10 Å². The predicted molar refractivity (Wildman–Crippen MR) is 96.8 cm³/mol. The molecule has 0 aliphatic heterocycles. The minimum atomic E-state index is -0.352. The Morgan fingerprint density at radius 3 is 2.73 bits per heavy atom. The van der Waals surface area contributed by atoms with Crippen LogP contribution < -0.4 is 10.9 Å². The summed E-state index contributed by atoms with van der Waals surface area (Å²) in [5.41, 5.74) is 1.58. The maximum Gasteiger partial charge on any atom is 0.272 e. The Bertz CT molecular complexity index is 1160. The molecule has 0 saturated heterocycles. The average Bonchev–Trinajstić information content (AvgIpc) is 3.05. The van der Waals surface area contributed by atoms with E-state index >= 15 is 0 Å². The average molecular weight is 348 g/mol. The molecular formula is C18H16N6O2. The Hall–Kier alpha value is -3.55. The maximum atomic E-state index is 12.6. The summed E-state index contributed by atoms with van der Waals surface area (Å²) in [4.78, 5) is 24.5. The molecule has 2 N–H and O–H groups in total. The van der Waals surface area contributed by atoms with E-state index in [1.807, 2.05) is 31.2 Å². The molecule has 26 heavy (non-hydrogen) atoms. The van der Waals surface area contributed by atoms with Crippen LogP contribution in [0.4, 0.5) is 0 Å². The van der Waals surface area contributed by atoms with Gasteiger partial charge in [0.15, 0.2) is 5.69 Å². The largest absolute Gasteiger partial charge is 0.346 e. The first-order valence-corrected chi connectivity index (χ1v) is 8.20. The molecule has 0 aliphatic rings. The van der Waals surface area contributed by atoms with Crippen molar-refractivity contribution in [1.82, 2.24) is 30.5 Å². The number of hydrogen-bond donors (Lipinski definition) is 2. The van der Waals surface area contributed by atoms with E-state index in [4.69, 9.17) is 0 Å². The van der Waals surface area contributed by atoms with Crippen molar-refractivity contribution in [3.05, 3.63) is 64.6 Å². The van der Waals surface area contributed by atoms with Crippen molar-refractivity contribution in [1.29, 1.82) is 0 Å². The lowest BCUT2D eigenvalue weighted by atomic mass is 10.1. The smallest absolute Gasteiger partial charge is 0.272 e. The zero-order valence-corrected chi connectivity index (χ0v) is 14.0. The molecule has 4 rings (SSSR count). The van der Waals surface area contributed by atoms with Gasteiger partial charge in [-0.05, 0) is 25.1 Å². The second-order valence-electron chi connectivity index (χ2n) is 6.08. The molecule has 2 aromatic carbocycles. The van der Waals surface area contributed by atoms with E-state index in [-0.39, 0.29) is 23.2 Å². The molecule has 2 heterocycles. The molecule has 0 radical (unpaired) electrons. The maximum absolute atomic E-state index is 12.6. The molecule has 2 aromatic heterocycles. The van der Waals surface area contributed by atoms with Gasteiger partial charge < -0.3 is 5.32 Å². The van der Waals surface area contributed by atoms with Crippen LogP contribution in [0.15, 0.2) is 53.3 Å². The standard InChI is InChI=1S/C18H16N6O2/c1-11(10-24-15-9-5-4-8-14(15)20-23-24)19-18(26)16-12-6-2-3-7-13(12)17(25)22-21-16/h2-9,11H,10H2,1H3,(H,19,26)(H,22,25)/t11-/m0/s1. The third kappa shape index (κ3) is 2.81. The van der Waals surface area contributed by atoms with Crippen LogP contribution in [0.5, 0.6) is 0 Å². The van der Waals surface area contributed by atoms with Gasteiger partial charge in [0.1, 0.15) is 5.52 Å². The number of fused-ring (bicyclic) bond motifs is 2. The van der Waals surface area contributed by atoms with Gasteiger partial charge >= 0.3 is 0 Å². The monoisotopic (exact) mass is 348 g/mol. The molecule has 0 fully saturated rings. The Labute approximate surface area is 147 Å². The van der Waals surface area contributed by atoms with Gasteiger partial charge in [0, 0.05) is 11.4 Å². The van der Waals surface area contributed by atoms with Crippen molar-refractivity contribution in [3.63, 3.8) is 0 Å². The number of benzene rings is 2. The topological polar surface area (TPSA) is 106 Å². The quantitative estimate of drug-likeness (QED) is 0.581. The summed E-state index contributed by atoms with van der Waals surface area (Å²) in [6.07, 6.45) is 0. The highest BCUT2D eigenvalue weighted by Crippen LogP contribution is 2.13. The SMILES string of the molecule is C[C@@H](Cn1nnc2ccccc21)NC(=O)c1n[nH]c(=O)c2ccccc12. The first-order valence-electron chi connectivity index (χ1n) is 8.20. The molecule has 130 valence electrons. The first-order chi connectivity index (χ1) is 12.6. The van der Waals surface area contributed by atoms with E-state index < -0.39 is 0 Å². The summed E-state index contributed by atoms with van der Waals surface area (Å²) < 4.78 is 1.75. The number of carbonyl (C=O) groups is 1. The van der Waals surface area contributed by atoms with E-state index in [1.165, 1.54) is 0 Å². The number of aromatic amines is 1. The highest BCUT2D eigenvalue weighted by Gasteiger charge is 2.17. The lowest BCUT2D eigenvalue weighted by molar-refractivity contribution is 0.0932. The van der Waals surface area contributed by atoms with E-state index in [2.05, 4.69) is 25.8 Å². The molecule has 4 aromatic rings. The molecule has 1 atom stereocenters. The van der Waals surface area contributed by atoms with Gasteiger partial charge in [-0.3, -0.25) is 9.59 Å². The lowest BCUT2D eigenvalue weighted by Crippen LogP contribution is -2.37. The summed E-state index contributed by atoms with van der Waals surface area (Å²) in [7, 11) is 0. The van der Waals surface area contributed by atoms with Crippen molar-refractivity contribution < 1.29 is 4.79 Å². The summed E-state index contributed by atoms with van der Waals surface area (Å²) in [5, 5.41) is 18.4. The number of H-pyrrole nitrogens is 1. The zero-order chi connectivity index (χ0) is 18.1. The van der Waals surface area contributed by atoms with Crippen molar-refractivity contribution in [2.45, 2.75) is 19.5 Å². The Kier molecular flexibility index (Phi) is 3.92. The second kappa shape index (κ2) is 6.40. The summed E-state index contributed by atoms with van der Waals surface area (Å²) in [5.74, 6) is -0.352. The molecule has 0 unspecified atom stereocenters. The number of rotatable bonds is 4. The van der Waals surface area contributed by atoms with E-state index in [0.717, 1.165) is 11.0 Å². The number of aromatic nitrogens is 5. The number of carbonyl (C=O) groups excluding carboxylic acids is 1. The van der Waals surface area contributed by atoms with Crippen LogP contribution in [0, 0.1) is 0 Å². The lowest BCUT2D eigenvalue weighted by Gasteiger charge is -2.14. The van der Waals surface area contributed by atoms with Crippen molar-refractivity contribution in [2.75, 3.05) is 0 Å². The fourth-order valence-corrected chi connectivity index (χ4v) is 2.94. The Morgan fingerprint density at radius 1 is 1.15 bits per heavy atom. The number of nitrogens with zero attached hydrogens (tertiary/aromatic N) is 4. The molecule has 0 spiro atoms. The van der Waals surface area contributed by atoms with Crippen LogP contribution in [-0.4, -0.2) is 37.1 Å². The summed E-state index contributed by atoms with van der Waals surface area (Å²) in [6, 6.07) is 14.3. The minimum absolute atomic E-state index is 0.190. The molecule has 1 amide bonds. The van der Waals surface area contributed by atoms with Crippen molar-refractivity contribution in [2.24, 2.45) is 0 Å². The molecule has 8 nitrogen and oxygen atoms in total. The fraction of sp³-hybridized carbons (Fsp3) is 0.167. The normalized spacial score (nSPS) is 12.3. The zero-order valence-electron chi connectivity index (χ0n) is 14.0. The number of para-hydroxylation sites is 1. The van der Waals surface area contributed by atoms with Crippen LogP contribution >= 0.6 is 0 Å². The van der Waals surface area contributed by atoms with Crippen LogP contribution in [0.2, 0.25) is 0 Å². The molecule has 0 aliphatic carbocycles. The predicted octanol–water partition coefficient (Wildman–Crippen LogP) is 1.49. The van der Waals surface area contributed by atoms with Crippen LogP contribution in [-0.2, 0) is 6.54 Å². The fourth-order valence-electron chi connectivity index (χ4n) is 2.94. The molecule has 0 bridgehead atoms. The summed E-state index contributed by atoms with van der Waals surface area (Å²) in [6.45, 7) is 2.34. The number of amides is 1. The van der Waals surface area contributed by atoms with E-state index in [1.54, 1.807) is 28.9 Å². The van der Waals surface area contributed by atoms with Gasteiger partial charge in [-0.25, -0.2) is 9.78 Å². The molecule has 8 heteroatoms. The highest BCUT2D eigenvalue weighted by atomic mass is 16.2. The Balaban J connectivity index is 1.57. The summed E-state index contributed by atoms with van der Waals surface area (Å²) >= 11 is 0. The van der Waals surface area contributed by atoms with Crippen LogP contribution in [0.25, 0.3) is 21.8 Å². The first kappa shape index (κ1) is 15.9. The van der Waals surface area contributed by atoms with E-state index in [0.29, 0.717) is 17.3 Å². The highest BCUT2D eigenvalue weighted by molar-refractivity contribution is 6.04. The Morgan fingerprint density at radius 2 is 1.88 bits per heavy atom.